The first kappa shape index (κ1) is 17.0. The van der Waals surface area contributed by atoms with Crippen LogP contribution in [0.3, 0.4) is 0 Å². The molecular weight excluding hydrogens is 276 g/mol. The van der Waals surface area contributed by atoms with Crippen LogP contribution in [0.5, 0.6) is 0 Å². The number of rotatable bonds is 5. The van der Waals surface area contributed by atoms with Crippen molar-refractivity contribution >= 4 is 11.3 Å². The highest BCUT2D eigenvalue weighted by molar-refractivity contribution is 7.09. The molecule has 1 saturated carbocycles. The zero-order valence-corrected chi connectivity index (χ0v) is 15.1. The number of aromatic nitrogens is 1. The van der Waals surface area contributed by atoms with Crippen molar-refractivity contribution in [1.82, 2.24) is 4.98 Å². The van der Waals surface area contributed by atoms with Gasteiger partial charge >= 0.3 is 0 Å². The molecule has 0 saturated heterocycles. The highest BCUT2D eigenvalue weighted by atomic mass is 32.1. The van der Waals surface area contributed by atoms with Gasteiger partial charge in [-0.05, 0) is 43.6 Å². The standard InChI is InChI=1S/C18H32N2S/c1-5-6-14-7-9-18(13-19,10-8-14)11-16-20-15(12-21-16)17(2,3)4/h12,14H,5-11,13,19H2,1-4H3. The van der Waals surface area contributed by atoms with Gasteiger partial charge in [-0.15, -0.1) is 11.3 Å². The smallest absolute Gasteiger partial charge is 0.0934 e. The molecule has 1 fully saturated rings. The van der Waals surface area contributed by atoms with Crippen LogP contribution in [0.2, 0.25) is 0 Å². The van der Waals surface area contributed by atoms with Gasteiger partial charge in [-0.2, -0.15) is 0 Å². The third-order valence-electron chi connectivity index (χ3n) is 5.14. The second-order valence-electron chi connectivity index (χ2n) is 7.99. The van der Waals surface area contributed by atoms with Gasteiger partial charge in [0.1, 0.15) is 0 Å². The van der Waals surface area contributed by atoms with E-state index in [1.165, 1.54) is 49.2 Å². The summed E-state index contributed by atoms with van der Waals surface area (Å²) in [4.78, 5) is 4.89. The fraction of sp³-hybridized carbons (Fsp3) is 0.833. The summed E-state index contributed by atoms with van der Waals surface area (Å²) in [7, 11) is 0. The van der Waals surface area contributed by atoms with Crippen molar-refractivity contribution in [2.24, 2.45) is 17.1 Å². The van der Waals surface area contributed by atoms with E-state index in [1.54, 1.807) is 0 Å². The maximum absolute atomic E-state index is 6.17. The molecule has 2 rings (SSSR count). The Morgan fingerprint density at radius 3 is 2.48 bits per heavy atom. The largest absolute Gasteiger partial charge is 0.330 e. The molecule has 2 nitrogen and oxygen atoms in total. The van der Waals surface area contributed by atoms with Crippen LogP contribution >= 0.6 is 11.3 Å². The summed E-state index contributed by atoms with van der Waals surface area (Å²) < 4.78 is 0. The molecular formula is C18H32N2S. The predicted molar refractivity (Wildman–Crippen MR) is 92.9 cm³/mol. The Morgan fingerprint density at radius 2 is 2.00 bits per heavy atom. The van der Waals surface area contributed by atoms with Crippen molar-refractivity contribution in [3.63, 3.8) is 0 Å². The first-order valence-corrected chi connectivity index (χ1v) is 9.41. The zero-order chi connectivity index (χ0) is 15.5. The van der Waals surface area contributed by atoms with E-state index >= 15 is 0 Å². The molecule has 0 amide bonds. The average Bonchev–Trinajstić information content (AvgIpc) is 2.90. The minimum Gasteiger partial charge on any atom is -0.330 e. The molecule has 120 valence electrons. The molecule has 1 aliphatic carbocycles. The lowest BCUT2D eigenvalue weighted by Crippen LogP contribution is -2.36. The number of hydrogen-bond donors (Lipinski definition) is 1. The Kier molecular flexibility index (Phi) is 5.48. The lowest BCUT2D eigenvalue weighted by molar-refractivity contribution is 0.150. The van der Waals surface area contributed by atoms with Gasteiger partial charge < -0.3 is 5.73 Å². The molecule has 1 aliphatic rings. The minimum atomic E-state index is 0.156. The second kappa shape index (κ2) is 6.78. The topological polar surface area (TPSA) is 38.9 Å². The maximum atomic E-state index is 6.17. The van der Waals surface area contributed by atoms with Gasteiger partial charge in [-0.3, -0.25) is 0 Å². The highest BCUT2D eigenvalue weighted by Gasteiger charge is 2.35. The summed E-state index contributed by atoms with van der Waals surface area (Å²) in [5.41, 5.74) is 7.88. The summed E-state index contributed by atoms with van der Waals surface area (Å²) in [6.45, 7) is 9.83. The molecule has 1 aromatic heterocycles. The Hall–Kier alpha value is -0.410. The summed E-state index contributed by atoms with van der Waals surface area (Å²) >= 11 is 1.83. The number of nitrogens with zero attached hydrogens (tertiary/aromatic N) is 1. The Balaban J connectivity index is 2.01. The molecule has 1 heterocycles. The number of nitrogens with two attached hydrogens (primary N) is 1. The molecule has 2 N–H and O–H groups in total. The van der Waals surface area contributed by atoms with Gasteiger partial charge in [-0.25, -0.2) is 4.98 Å². The van der Waals surface area contributed by atoms with Gasteiger partial charge in [0.15, 0.2) is 0 Å². The number of thiazole rings is 1. The molecule has 0 unspecified atom stereocenters. The fourth-order valence-electron chi connectivity index (χ4n) is 3.50. The van der Waals surface area contributed by atoms with Crippen LogP contribution in [0.15, 0.2) is 5.38 Å². The average molecular weight is 309 g/mol. The van der Waals surface area contributed by atoms with E-state index in [2.05, 4.69) is 33.1 Å². The summed E-state index contributed by atoms with van der Waals surface area (Å²) in [5.74, 6) is 0.941. The van der Waals surface area contributed by atoms with Crippen molar-refractivity contribution < 1.29 is 0 Å². The van der Waals surface area contributed by atoms with E-state index in [-0.39, 0.29) is 5.41 Å². The molecule has 0 spiro atoms. The first-order chi connectivity index (χ1) is 9.88. The van der Waals surface area contributed by atoms with Crippen molar-refractivity contribution in [1.29, 1.82) is 0 Å². The van der Waals surface area contributed by atoms with Crippen molar-refractivity contribution in [2.75, 3.05) is 6.54 Å². The van der Waals surface area contributed by atoms with E-state index in [0.29, 0.717) is 5.41 Å². The molecule has 21 heavy (non-hydrogen) atoms. The van der Waals surface area contributed by atoms with E-state index in [9.17, 15) is 0 Å². The van der Waals surface area contributed by atoms with Crippen LogP contribution < -0.4 is 5.73 Å². The normalized spacial score (nSPS) is 27.0. The second-order valence-corrected chi connectivity index (χ2v) is 8.93. The fourth-order valence-corrected chi connectivity index (χ4v) is 4.69. The molecule has 0 atom stereocenters. The van der Waals surface area contributed by atoms with Gasteiger partial charge in [0.05, 0.1) is 10.7 Å². The predicted octanol–water partition coefficient (Wildman–Crippen LogP) is 4.92. The molecule has 3 heteroatoms. The van der Waals surface area contributed by atoms with E-state index in [4.69, 9.17) is 10.7 Å². The summed E-state index contributed by atoms with van der Waals surface area (Å²) in [6, 6.07) is 0. The molecule has 1 aromatic rings. The van der Waals surface area contributed by atoms with Crippen LogP contribution in [-0.4, -0.2) is 11.5 Å². The number of hydrogen-bond acceptors (Lipinski definition) is 3. The van der Waals surface area contributed by atoms with E-state index in [0.717, 1.165) is 18.9 Å². The van der Waals surface area contributed by atoms with Gasteiger partial charge in [0, 0.05) is 17.2 Å². The van der Waals surface area contributed by atoms with Crippen LogP contribution in [-0.2, 0) is 11.8 Å². The Morgan fingerprint density at radius 1 is 1.33 bits per heavy atom. The third kappa shape index (κ3) is 4.29. The monoisotopic (exact) mass is 308 g/mol. The Bertz CT molecular complexity index is 436. The molecule has 0 radical (unpaired) electrons. The van der Waals surface area contributed by atoms with Crippen LogP contribution in [0.25, 0.3) is 0 Å². The molecule has 0 aromatic carbocycles. The Labute approximate surface area is 134 Å². The third-order valence-corrected chi connectivity index (χ3v) is 5.99. The lowest BCUT2D eigenvalue weighted by Gasteiger charge is -2.39. The van der Waals surface area contributed by atoms with E-state index in [1.807, 2.05) is 11.3 Å². The van der Waals surface area contributed by atoms with Crippen molar-refractivity contribution in [3.8, 4) is 0 Å². The highest BCUT2D eigenvalue weighted by Crippen LogP contribution is 2.42. The van der Waals surface area contributed by atoms with Crippen LogP contribution in [0, 0.1) is 11.3 Å². The van der Waals surface area contributed by atoms with Gasteiger partial charge in [0.25, 0.3) is 0 Å². The minimum absolute atomic E-state index is 0.156. The lowest BCUT2D eigenvalue weighted by atomic mass is 9.68. The van der Waals surface area contributed by atoms with E-state index < -0.39 is 0 Å². The van der Waals surface area contributed by atoms with Crippen molar-refractivity contribution in [3.05, 3.63) is 16.1 Å². The maximum Gasteiger partial charge on any atom is 0.0934 e. The zero-order valence-electron chi connectivity index (χ0n) is 14.2. The van der Waals surface area contributed by atoms with Gasteiger partial charge in [-0.1, -0.05) is 40.5 Å². The molecule has 0 bridgehead atoms. The van der Waals surface area contributed by atoms with Crippen molar-refractivity contribution in [2.45, 2.75) is 78.1 Å². The first-order valence-electron chi connectivity index (χ1n) is 8.53. The summed E-state index contributed by atoms with van der Waals surface area (Å²) in [5, 5.41) is 3.53. The van der Waals surface area contributed by atoms with Crippen LogP contribution in [0.1, 0.15) is 76.9 Å². The SMILES string of the molecule is CCCC1CCC(CN)(Cc2nc(C(C)(C)C)cs2)CC1. The van der Waals surface area contributed by atoms with Crippen LogP contribution in [0.4, 0.5) is 0 Å². The molecule has 0 aliphatic heterocycles. The quantitative estimate of drug-likeness (QED) is 0.838. The summed E-state index contributed by atoms with van der Waals surface area (Å²) in [6.07, 6.45) is 9.11. The van der Waals surface area contributed by atoms with Gasteiger partial charge in [0.2, 0.25) is 0 Å².